The molecule has 0 aromatic heterocycles. The first-order valence-electron chi connectivity index (χ1n) is 10.2. The minimum Gasteiger partial charge on any atom is -0.370 e. The van der Waals surface area contributed by atoms with Crippen LogP contribution in [-0.2, 0) is 19.2 Å². The molecule has 4 amide bonds. The van der Waals surface area contributed by atoms with Crippen LogP contribution in [0.1, 0.15) is 60.3 Å². The van der Waals surface area contributed by atoms with E-state index in [-0.39, 0.29) is 24.2 Å². The van der Waals surface area contributed by atoms with Crippen LogP contribution in [0.3, 0.4) is 0 Å². The zero-order valence-electron chi connectivity index (χ0n) is 18.6. The molecular weight excluding hydrogens is 390 g/mol. The number of nitrogens with two attached hydrogens (primary N) is 2. The fourth-order valence-corrected chi connectivity index (χ4v) is 3.06. The van der Waals surface area contributed by atoms with Crippen molar-refractivity contribution in [3.8, 4) is 0 Å². The molecule has 9 N–H and O–H groups in total. The number of carbonyl (C=O) groups excluding carboxylic acids is 4. The zero-order valence-corrected chi connectivity index (χ0v) is 18.6. The Labute approximate surface area is 178 Å². The van der Waals surface area contributed by atoms with Crippen LogP contribution in [0.15, 0.2) is 0 Å². The molecule has 11 heteroatoms. The van der Waals surface area contributed by atoms with Crippen LogP contribution in [0.2, 0.25) is 0 Å². The molecule has 0 heterocycles. The molecule has 0 aliphatic carbocycles. The highest BCUT2D eigenvalue weighted by molar-refractivity contribution is 5.95. The number of amides is 4. The Morgan fingerprint density at radius 2 is 1.60 bits per heavy atom. The second-order valence-corrected chi connectivity index (χ2v) is 7.61. The Morgan fingerprint density at radius 1 is 1.03 bits per heavy atom. The molecule has 0 saturated carbocycles. The highest BCUT2D eigenvalue weighted by Gasteiger charge is 2.38. The molecule has 0 saturated heterocycles. The minimum atomic E-state index is -1.15. The average molecular weight is 428 g/mol. The number of hydrogen-bond donors (Lipinski definition) is 7. The molecule has 0 aliphatic heterocycles. The van der Waals surface area contributed by atoms with Gasteiger partial charge in [0.15, 0.2) is 5.96 Å². The molecule has 0 bridgehead atoms. The van der Waals surface area contributed by atoms with Crippen LogP contribution >= 0.6 is 0 Å². The van der Waals surface area contributed by atoms with Crippen molar-refractivity contribution in [2.45, 2.75) is 77.9 Å². The molecule has 0 aromatic carbocycles. The molecule has 0 aliphatic rings. The van der Waals surface area contributed by atoms with Gasteiger partial charge in [0.05, 0.1) is 0 Å². The van der Waals surface area contributed by atoms with E-state index >= 15 is 0 Å². The largest absolute Gasteiger partial charge is 0.370 e. The molecule has 11 nitrogen and oxygen atoms in total. The Morgan fingerprint density at radius 3 is 2.00 bits per heavy atom. The quantitative estimate of drug-likeness (QED) is 0.113. The predicted octanol–water partition coefficient (Wildman–Crippen LogP) is -0.945. The molecule has 0 fully saturated rings. The molecule has 2 atom stereocenters. The van der Waals surface area contributed by atoms with E-state index in [4.69, 9.17) is 16.9 Å². The minimum absolute atomic E-state index is 0.199. The van der Waals surface area contributed by atoms with Crippen molar-refractivity contribution in [3.05, 3.63) is 0 Å². The van der Waals surface area contributed by atoms with E-state index in [1.807, 2.05) is 0 Å². The normalized spacial score (nSPS) is 13.1. The smallest absolute Gasteiger partial charge is 0.246 e. The first-order chi connectivity index (χ1) is 13.9. The lowest BCUT2D eigenvalue weighted by Crippen LogP contribution is -2.62. The van der Waals surface area contributed by atoms with Gasteiger partial charge >= 0.3 is 0 Å². The first-order valence-corrected chi connectivity index (χ1v) is 10.2. The van der Waals surface area contributed by atoms with E-state index in [1.54, 1.807) is 27.7 Å². The first kappa shape index (κ1) is 27.1. The predicted molar refractivity (Wildman–Crippen MR) is 114 cm³/mol. The Kier molecular flexibility index (Phi) is 11.5. The molecular formula is C19H37N7O4. The van der Waals surface area contributed by atoms with E-state index in [9.17, 15) is 19.2 Å². The topological polar surface area (TPSA) is 192 Å². The monoisotopic (exact) mass is 427 g/mol. The van der Waals surface area contributed by atoms with Gasteiger partial charge in [-0.3, -0.25) is 24.6 Å². The molecule has 0 radical (unpaired) electrons. The molecule has 30 heavy (non-hydrogen) atoms. The van der Waals surface area contributed by atoms with Crippen LogP contribution in [0, 0.1) is 11.3 Å². The summed E-state index contributed by atoms with van der Waals surface area (Å²) in [4.78, 5) is 49.1. The van der Waals surface area contributed by atoms with E-state index in [1.165, 1.54) is 6.92 Å². The van der Waals surface area contributed by atoms with E-state index < -0.39 is 35.3 Å². The van der Waals surface area contributed by atoms with Gasteiger partial charge in [-0.25, -0.2) is 0 Å². The summed E-state index contributed by atoms with van der Waals surface area (Å²) < 4.78 is 0. The number of nitrogens with one attached hydrogen (secondary N) is 5. The lowest BCUT2D eigenvalue weighted by atomic mass is 9.90. The summed E-state index contributed by atoms with van der Waals surface area (Å²) in [5.74, 6) is -2.48. The van der Waals surface area contributed by atoms with Gasteiger partial charge in [0.2, 0.25) is 23.6 Å². The van der Waals surface area contributed by atoms with Gasteiger partial charge in [0.25, 0.3) is 0 Å². The number of rotatable bonds is 13. The second-order valence-electron chi connectivity index (χ2n) is 7.61. The average Bonchev–Trinajstić information content (AvgIpc) is 2.65. The highest BCUT2D eigenvalue weighted by atomic mass is 16.2. The van der Waals surface area contributed by atoms with Crippen molar-refractivity contribution in [1.82, 2.24) is 21.3 Å². The fourth-order valence-electron chi connectivity index (χ4n) is 3.06. The maximum Gasteiger partial charge on any atom is 0.246 e. The Balaban J connectivity index is 5.52. The van der Waals surface area contributed by atoms with E-state index in [2.05, 4.69) is 21.3 Å². The summed E-state index contributed by atoms with van der Waals surface area (Å²) in [5.41, 5.74) is 9.48. The van der Waals surface area contributed by atoms with Gasteiger partial charge in [-0.2, -0.15) is 0 Å². The van der Waals surface area contributed by atoms with E-state index in [0.717, 1.165) is 0 Å². The maximum atomic E-state index is 13.0. The van der Waals surface area contributed by atoms with Crippen molar-refractivity contribution in [2.75, 3.05) is 6.54 Å². The summed E-state index contributed by atoms with van der Waals surface area (Å²) in [6.07, 6.45) is 1.33. The van der Waals surface area contributed by atoms with E-state index in [0.29, 0.717) is 25.8 Å². The van der Waals surface area contributed by atoms with Crippen LogP contribution in [0.4, 0.5) is 0 Å². The molecule has 0 spiro atoms. The third-order valence-electron chi connectivity index (χ3n) is 4.93. The third kappa shape index (κ3) is 8.66. The summed E-state index contributed by atoms with van der Waals surface area (Å²) in [5, 5.41) is 17.8. The zero-order chi connectivity index (χ0) is 23.5. The second kappa shape index (κ2) is 12.7. The summed E-state index contributed by atoms with van der Waals surface area (Å²) in [6, 6.07) is -1.84. The van der Waals surface area contributed by atoms with Gasteiger partial charge in [-0.05, 0) is 31.6 Å². The van der Waals surface area contributed by atoms with Gasteiger partial charge in [-0.15, -0.1) is 0 Å². The lowest BCUT2D eigenvalue weighted by Gasteiger charge is -2.33. The number of hydrogen-bond acceptors (Lipinski definition) is 5. The van der Waals surface area contributed by atoms with Gasteiger partial charge in [0, 0.05) is 13.5 Å². The number of carbonyl (C=O) groups is 4. The molecule has 0 aromatic rings. The van der Waals surface area contributed by atoms with Crippen molar-refractivity contribution in [1.29, 1.82) is 5.41 Å². The Hall–Kier alpha value is -2.85. The third-order valence-corrected chi connectivity index (χ3v) is 4.93. The molecule has 0 unspecified atom stereocenters. The van der Waals surface area contributed by atoms with Crippen molar-refractivity contribution in [2.24, 2.45) is 17.4 Å². The van der Waals surface area contributed by atoms with Gasteiger partial charge in [-0.1, -0.05) is 27.7 Å². The van der Waals surface area contributed by atoms with Crippen LogP contribution in [0.5, 0.6) is 0 Å². The van der Waals surface area contributed by atoms with Crippen LogP contribution in [-0.4, -0.2) is 53.8 Å². The summed E-state index contributed by atoms with van der Waals surface area (Å²) >= 11 is 0. The lowest BCUT2D eigenvalue weighted by molar-refractivity contribution is -0.136. The maximum absolute atomic E-state index is 13.0. The summed E-state index contributed by atoms with van der Waals surface area (Å²) in [6.45, 7) is 8.69. The SMILES string of the molecule is CCC(CC)(NC(C)=O)C(=O)N[C@@H](CCCNC(=N)N)C(=O)N[C@H](C(N)=O)C(C)C. The standard InChI is InChI=1S/C19H37N7O4/c1-6-19(7-2,26-12(5)27)17(30)24-13(9-8-10-23-18(21)22)16(29)25-14(11(3)4)15(20)28/h11,13-14H,6-10H2,1-5H3,(H2,20,28)(H,24,30)(H,25,29)(H,26,27)(H4,21,22,23)/t13-,14-/m0/s1. The van der Waals surface area contributed by atoms with Crippen molar-refractivity contribution < 1.29 is 19.2 Å². The molecule has 172 valence electrons. The summed E-state index contributed by atoms with van der Waals surface area (Å²) in [7, 11) is 0. The Bertz CT molecular complexity index is 632. The number of guanidine groups is 1. The highest BCUT2D eigenvalue weighted by Crippen LogP contribution is 2.16. The fraction of sp³-hybridized carbons (Fsp3) is 0.737. The number of primary amides is 1. The van der Waals surface area contributed by atoms with Gasteiger partial charge in [0.1, 0.15) is 17.6 Å². The van der Waals surface area contributed by atoms with Gasteiger partial charge < -0.3 is 32.7 Å². The molecule has 0 rings (SSSR count). The van der Waals surface area contributed by atoms with Crippen LogP contribution < -0.4 is 32.7 Å². The van der Waals surface area contributed by atoms with Crippen LogP contribution in [0.25, 0.3) is 0 Å². The van der Waals surface area contributed by atoms with Crippen molar-refractivity contribution in [3.63, 3.8) is 0 Å². The van der Waals surface area contributed by atoms with Crippen molar-refractivity contribution >= 4 is 29.6 Å².